The summed E-state index contributed by atoms with van der Waals surface area (Å²) in [5, 5.41) is 9.29. The maximum atomic E-state index is 11.9. The van der Waals surface area contributed by atoms with Crippen LogP contribution in [0.15, 0.2) is 36.7 Å². The van der Waals surface area contributed by atoms with Crippen molar-refractivity contribution in [1.29, 1.82) is 0 Å². The van der Waals surface area contributed by atoms with Gasteiger partial charge in [0, 0.05) is 32.0 Å². The number of amides is 1. The number of carbonyl (C=O) groups excluding carboxylic acids is 1. The lowest BCUT2D eigenvalue weighted by atomic mass is 10.0. The molecule has 1 atom stereocenters. The number of aromatic carboxylic acids is 1. The Bertz CT molecular complexity index is 792. The van der Waals surface area contributed by atoms with Gasteiger partial charge in [0.2, 0.25) is 5.91 Å². The minimum atomic E-state index is -0.988. The van der Waals surface area contributed by atoms with Crippen LogP contribution in [0, 0.1) is 5.92 Å². The van der Waals surface area contributed by atoms with Gasteiger partial charge in [-0.1, -0.05) is 18.2 Å². The van der Waals surface area contributed by atoms with Gasteiger partial charge in [0.25, 0.3) is 0 Å². The molecule has 1 fully saturated rings. The fourth-order valence-corrected chi connectivity index (χ4v) is 3.23. The summed E-state index contributed by atoms with van der Waals surface area (Å²) < 4.78 is 4.90. The van der Waals surface area contributed by atoms with E-state index in [0.29, 0.717) is 23.7 Å². The Morgan fingerprint density at radius 2 is 2.08 bits per heavy atom. The minimum Gasteiger partial charge on any atom is -0.478 e. The monoisotopic (exact) mass is 355 g/mol. The molecule has 7 nitrogen and oxygen atoms in total. The Balaban J connectivity index is 1.66. The van der Waals surface area contributed by atoms with Crippen LogP contribution in [0.1, 0.15) is 22.5 Å². The van der Waals surface area contributed by atoms with Crippen molar-refractivity contribution in [3.8, 4) is 11.3 Å². The molecule has 0 radical (unpaired) electrons. The molecule has 1 aliphatic rings. The van der Waals surface area contributed by atoms with Crippen LogP contribution in [0.2, 0.25) is 0 Å². The first-order valence-corrected chi connectivity index (χ1v) is 8.49. The van der Waals surface area contributed by atoms with Crippen molar-refractivity contribution in [2.45, 2.75) is 12.8 Å². The predicted octanol–water partition coefficient (Wildman–Crippen LogP) is 1.88. The van der Waals surface area contributed by atoms with Crippen molar-refractivity contribution < 1.29 is 19.4 Å². The summed E-state index contributed by atoms with van der Waals surface area (Å²) in [7, 11) is 1.52. The van der Waals surface area contributed by atoms with Gasteiger partial charge in [-0.25, -0.2) is 4.79 Å². The highest BCUT2D eigenvalue weighted by molar-refractivity contribution is 5.95. The van der Waals surface area contributed by atoms with E-state index in [0.717, 1.165) is 25.1 Å². The topological polar surface area (TPSA) is 92.6 Å². The number of hydrogen-bond donors (Lipinski definition) is 1. The van der Waals surface area contributed by atoms with Gasteiger partial charge in [0.05, 0.1) is 23.1 Å². The van der Waals surface area contributed by atoms with E-state index in [1.54, 1.807) is 36.7 Å². The molecular weight excluding hydrogens is 334 g/mol. The highest BCUT2D eigenvalue weighted by Gasteiger charge is 2.26. The highest BCUT2D eigenvalue weighted by Crippen LogP contribution is 2.23. The second kappa shape index (κ2) is 8.05. The van der Waals surface area contributed by atoms with Gasteiger partial charge in [-0.05, 0) is 24.8 Å². The van der Waals surface area contributed by atoms with Crippen molar-refractivity contribution in [2.75, 3.05) is 26.8 Å². The Morgan fingerprint density at radius 1 is 1.27 bits per heavy atom. The lowest BCUT2D eigenvalue weighted by molar-refractivity contribution is -0.134. The molecule has 1 aromatic heterocycles. The highest BCUT2D eigenvalue weighted by atomic mass is 16.5. The van der Waals surface area contributed by atoms with Crippen molar-refractivity contribution >= 4 is 11.9 Å². The van der Waals surface area contributed by atoms with Crippen molar-refractivity contribution in [3.63, 3.8) is 0 Å². The molecular formula is C19H21N3O4. The maximum Gasteiger partial charge on any atom is 0.336 e. The van der Waals surface area contributed by atoms with Gasteiger partial charge >= 0.3 is 5.97 Å². The fraction of sp³-hybridized carbons (Fsp3) is 0.368. The van der Waals surface area contributed by atoms with Crippen LogP contribution in [0.5, 0.6) is 0 Å². The van der Waals surface area contributed by atoms with Crippen molar-refractivity contribution in [2.24, 2.45) is 5.92 Å². The molecule has 26 heavy (non-hydrogen) atoms. The maximum absolute atomic E-state index is 11.9. The third-order valence-corrected chi connectivity index (χ3v) is 4.54. The quantitative estimate of drug-likeness (QED) is 0.850. The zero-order valence-corrected chi connectivity index (χ0v) is 14.6. The molecule has 7 heteroatoms. The lowest BCUT2D eigenvalue weighted by Gasteiger charge is -2.15. The minimum absolute atomic E-state index is 0.0155. The SMILES string of the molecule is COCC(=O)N1CC[C@@H](Cc2cnc(-c3ccccc3C(=O)O)cn2)C1. The van der Waals surface area contributed by atoms with Gasteiger partial charge in [0.1, 0.15) is 6.61 Å². The van der Waals surface area contributed by atoms with Crippen molar-refractivity contribution in [3.05, 3.63) is 47.9 Å². The largest absolute Gasteiger partial charge is 0.478 e. The van der Waals surface area contributed by atoms with Gasteiger partial charge in [0.15, 0.2) is 0 Å². The number of ether oxygens (including phenoxy) is 1. The van der Waals surface area contributed by atoms with E-state index < -0.39 is 5.97 Å². The molecule has 1 amide bonds. The number of carbonyl (C=O) groups is 2. The fourth-order valence-electron chi connectivity index (χ4n) is 3.23. The number of methoxy groups -OCH3 is 1. The molecule has 3 rings (SSSR count). The zero-order chi connectivity index (χ0) is 18.5. The summed E-state index contributed by atoms with van der Waals surface area (Å²) in [6.07, 6.45) is 4.97. The van der Waals surface area contributed by atoms with Crippen LogP contribution >= 0.6 is 0 Å². The predicted molar refractivity (Wildman–Crippen MR) is 94.7 cm³/mol. The van der Waals surface area contributed by atoms with Gasteiger partial charge in [-0.2, -0.15) is 0 Å². The molecule has 1 saturated heterocycles. The Kier molecular flexibility index (Phi) is 5.58. The first-order valence-electron chi connectivity index (χ1n) is 8.49. The Hall–Kier alpha value is -2.80. The van der Waals surface area contributed by atoms with E-state index in [9.17, 15) is 14.7 Å². The molecule has 0 saturated carbocycles. The molecule has 0 bridgehead atoms. The third kappa shape index (κ3) is 4.05. The number of rotatable bonds is 6. The first-order chi connectivity index (χ1) is 12.6. The summed E-state index contributed by atoms with van der Waals surface area (Å²) in [4.78, 5) is 33.8. The second-order valence-corrected chi connectivity index (χ2v) is 6.38. The number of benzene rings is 1. The van der Waals surface area contributed by atoms with Gasteiger partial charge < -0.3 is 14.7 Å². The van der Waals surface area contributed by atoms with Crippen LogP contribution in [-0.4, -0.2) is 58.7 Å². The van der Waals surface area contributed by atoms with E-state index in [4.69, 9.17) is 4.74 Å². The lowest BCUT2D eigenvalue weighted by Crippen LogP contribution is -2.31. The van der Waals surface area contributed by atoms with E-state index in [1.165, 1.54) is 7.11 Å². The standard InChI is InChI=1S/C19H21N3O4/c1-26-12-18(23)22-7-6-13(11-22)8-14-9-21-17(10-20-14)15-4-2-3-5-16(15)19(24)25/h2-5,9-10,13H,6-8,11-12H2,1H3,(H,24,25)/t13-/m0/s1. The molecule has 0 aliphatic carbocycles. The third-order valence-electron chi connectivity index (χ3n) is 4.54. The number of hydrogen-bond acceptors (Lipinski definition) is 5. The number of aromatic nitrogens is 2. The summed E-state index contributed by atoms with van der Waals surface area (Å²) in [6.45, 7) is 1.56. The molecule has 0 spiro atoms. The molecule has 2 heterocycles. The van der Waals surface area contributed by atoms with E-state index in [-0.39, 0.29) is 18.1 Å². The second-order valence-electron chi connectivity index (χ2n) is 6.38. The molecule has 136 valence electrons. The van der Waals surface area contributed by atoms with Crippen LogP contribution < -0.4 is 0 Å². The Labute approximate surface area is 151 Å². The van der Waals surface area contributed by atoms with E-state index in [1.807, 2.05) is 4.90 Å². The van der Waals surface area contributed by atoms with E-state index in [2.05, 4.69) is 9.97 Å². The smallest absolute Gasteiger partial charge is 0.336 e. The van der Waals surface area contributed by atoms with Crippen LogP contribution in [0.3, 0.4) is 0 Å². The number of carboxylic acids is 1. The number of nitrogens with zero attached hydrogens (tertiary/aromatic N) is 3. The molecule has 1 aromatic carbocycles. The first kappa shape index (κ1) is 18.0. The molecule has 1 N–H and O–H groups in total. The van der Waals surface area contributed by atoms with Crippen LogP contribution in [0.4, 0.5) is 0 Å². The van der Waals surface area contributed by atoms with Gasteiger partial charge in [-0.3, -0.25) is 14.8 Å². The van der Waals surface area contributed by atoms with Gasteiger partial charge in [-0.15, -0.1) is 0 Å². The average molecular weight is 355 g/mol. The van der Waals surface area contributed by atoms with Crippen molar-refractivity contribution in [1.82, 2.24) is 14.9 Å². The number of carboxylic acid groups (broad SMARTS) is 1. The summed E-state index contributed by atoms with van der Waals surface area (Å²) in [5.74, 6) is -0.623. The average Bonchev–Trinajstić information content (AvgIpc) is 3.11. The summed E-state index contributed by atoms with van der Waals surface area (Å²) in [6, 6.07) is 6.74. The van der Waals surface area contributed by atoms with E-state index >= 15 is 0 Å². The van der Waals surface area contributed by atoms with Crippen LogP contribution in [0.25, 0.3) is 11.3 Å². The molecule has 2 aromatic rings. The number of likely N-dealkylation sites (tertiary alicyclic amines) is 1. The summed E-state index contributed by atoms with van der Waals surface area (Å²) in [5.41, 5.74) is 2.14. The Morgan fingerprint density at radius 3 is 2.77 bits per heavy atom. The van der Waals surface area contributed by atoms with Crippen LogP contribution in [-0.2, 0) is 16.0 Å². The molecule has 0 unspecified atom stereocenters. The molecule has 1 aliphatic heterocycles. The normalized spacial score (nSPS) is 16.7. The zero-order valence-electron chi connectivity index (χ0n) is 14.6. The summed E-state index contributed by atoms with van der Waals surface area (Å²) >= 11 is 0.